The van der Waals surface area contributed by atoms with Crippen molar-refractivity contribution in [2.75, 3.05) is 13.1 Å². The highest BCUT2D eigenvalue weighted by Gasteiger charge is 2.32. The smallest absolute Gasteiger partial charge is 0.289 e. The highest BCUT2D eigenvalue weighted by Crippen LogP contribution is 2.26. The van der Waals surface area contributed by atoms with Crippen molar-refractivity contribution in [3.63, 3.8) is 0 Å². The van der Waals surface area contributed by atoms with E-state index < -0.39 is 0 Å². The zero-order valence-electron chi connectivity index (χ0n) is 11.8. The third-order valence-electron chi connectivity index (χ3n) is 3.47. The first kappa shape index (κ1) is 13.5. The second kappa shape index (κ2) is 5.16. The first-order chi connectivity index (χ1) is 10.0. The maximum atomic E-state index is 12.4. The van der Waals surface area contributed by atoms with E-state index in [-0.39, 0.29) is 23.0 Å². The van der Waals surface area contributed by atoms with Crippen LogP contribution >= 0.6 is 0 Å². The largest absolute Gasteiger partial charge is 0.456 e. The fraction of sp³-hybridized carbons (Fsp3) is 0.429. The molecule has 1 saturated heterocycles. The number of carbonyl (C=O) groups excluding carboxylic acids is 1. The maximum absolute atomic E-state index is 12.4. The first-order valence-corrected chi connectivity index (χ1v) is 6.74. The fourth-order valence-corrected chi connectivity index (χ4v) is 2.49. The highest BCUT2D eigenvalue weighted by atomic mass is 16.5. The molecule has 21 heavy (non-hydrogen) atoms. The van der Waals surface area contributed by atoms with Crippen LogP contribution in [-0.2, 0) is 0 Å². The molecule has 0 bridgehead atoms. The van der Waals surface area contributed by atoms with Gasteiger partial charge in [-0.15, -0.1) is 0 Å². The topological polar surface area (TPSA) is 89.4 Å². The number of carbonyl (C=O) groups is 1. The van der Waals surface area contributed by atoms with Gasteiger partial charge >= 0.3 is 0 Å². The Morgan fingerprint density at radius 2 is 2.19 bits per heavy atom. The van der Waals surface area contributed by atoms with Crippen LogP contribution in [0.2, 0.25) is 0 Å². The van der Waals surface area contributed by atoms with Gasteiger partial charge in [0, 0.05) is 25.2 Å². The third-order valence-corrected chi connectivity index (χ3v) is 3.47. The van der Waals surface area contributed by atoms with Crippen molar-refractivity contribution < 1.29 is 13.7 Å². The van der Waals surface area contributed by atoms with E-state index in [1.165, 1.54) is 12.1 Å². The van der Waals surface area contributed by atoms with Gasteiger partial charge in [0.15, 0.2) is 17.0 Å². The van der Waals surface area contributed by atoms with Gasteiger partial charge in [-0.1, -0.05) is 5.16 Å². The Balaban J connectivity index is 1.76. The average Bonchev–Trinajstić information content (AvgIpc) is 3.05. The van der Waals surface area contributed by atoms with Crippen LogP contribution in [0.5, 0.6) is 0 Å². The lowest BCUT2D eigenvalue weighted by atomic mass is 10.1. The zero-order valence-corrected chi connectivity index (χ0v) is 11.8. The molecule has 0 N–H and O–H groups in total. The van der Waals surface area contributed by atoms with Crippen LogP contribution in [0, 0.1) is 13.8 Å². The van der Waals surface area contributed by atoms with E-state index in [1.807, 2.05) is 0 Å². The van der Waals surface area contributed by atoms with E-state index in [0.29, 0.717) is 30.6 Å². The molecule has 3 rings (SSSR count). The molecule has 1 amide bonds. The molecule has 0 aliphatic carbocycles. The maximum Gasteiger partial charge on any atom is 0.289 e. The molecule has 3 heterocycles. The Morgan fingerprint density at radius 1 is 1.38 bits per heavy atom. The molecule has 7 nitrogen and oxygen atoms in total. The summed E-state index contributed by atoms with van der Waals surface area (Å²) in [6.07, 6.45) is 0.753. The summed E-state index contributed by atoms with van der Waals surface area (Å²) in [6.45, 7) is 4.46. The number of aryl methyl sites for hydroxylation is 2. The number of hydrogen-bond donors (Lipinski definition) is 0. The molecule has 2 aromatic rings. The summed E-state index contributed by atoms with van der Waals surface area (Å²) in [7, 11) is 0. The van der Waals surface area contributed by atoms with Crippen LogP contribution in [0.4, 0.5) is 0 Å². The molecule has 0 unspecified atom stereocenters. The number of amides is 1. The molecular weight excluding hydrogens is 274 g/mol. The Morgan fingerprint density at radius 3 is 2.86 bits per heavy atom. The van der Waals surface area contributed by atoms with E-state index in [4.69, 9.17) is 8.94 Å². The molecule has 1 fully saturated rings. The van der Waals surface area contributed by atoms with E-state index in [2.05, 4.69) is 10.1 Å². The number of rotatable bonds is 2. The molecule has 0 radical (unpaired) electrons. The average molecular weight is 289 g/mol. The lowest BCUT2D eigenvalue weighted by molar-refractivity contribution is 0.0753. The van der Waals surface area contributed by atoms with E-state index in [9.17, 15) is 9.59 Å². The second-order valence-electron chi connectivity index (χ2n) is 5.18. The van der Waals surface area contributed by atoms with Gasteiger partial charge in [0.1, 0.15) is 5.76 Å². The Hall–Kier alpha value is -2.44. The minimum Gasteiger partial charge on any atom is -0.456 e. The summed E-state index contributed by atoms with van der Waals surface area (Å²) in [5.74, 6) is 1.38. The highest BCUT2D eigenvalue weighted by molar-refractivity contribution is 5.91. The molecule has 2 aromatic heterocycles. The van der Waals surface area contributed by atoms with Crippen molar-refractivity contribution in [1.82, 2.24) is 15.0 Å². The minimum atomic E-state index is -0.283. The zero-order chi connectivity index (χ0) is 15.0. The van der Waals surface area contributed by atoms with Gasteiger partial charge in [-0.05, 0) is 20.3 Å². The van der Waals surface area contributed by atoms with Gasteiger partial charge < -0.3 is 13.8 Å². The monoisotopic (exact) mass is 289 g/mol. The third kappa shape index (κ3) is 2.72. The Kier molecular flexibility index (Phi) is 3.32. The number of nitrogens with zero attached hydrogens (tertiary/aromatic N) is 3. The van der Waals surface area contributed by atoms with Crippen LogP contribution in [0.25, 0.3) is 0 Å². The fourth-order valence-electron chi connectivity index (χ4n) is 2.49. The summed E-state index contributed by atoms with van der Waals surface area (Å²) in [4.78, 5) is 29.7. The molecular formula is C14H15N3O4. The number of hydrogen-bond acceptors (Lipinski definition) is 6. The Labute approximate surface area is 120 Å². The predicted molar refractivity (Wildman–Crippen MR) is 72.0 cm³/mol. The van der Waals surface area contributed by atoms with Gasteiger partial charge in [0.2, 0.25) is 5.89 Å². The van der Waals surface area contributed by atoms with Gasteiger partial charge in [-0.25, -0.2) is 0 Å². The van der Waals surface area contributed by atoms with Gasteiger partial charge in [-0.3, -0.25) is 9.59 Å². The van der Waals surface area contributed by atoms with Crippen LogP contribution < -0.4 is 5.43 Å². The minimum absolute atomic E-state index is 0.0340. The Bertz CT molecular complexity index is 734. The summed E-state index contributed by atoms with van der Waals surface area (Å²) >= 11 is 0. The summed E-state index contributed by atoms with van der Waals surface area (Å²) < 4.78 is 10.5. The molecule has 110 valence electrons. The van der Waals surface area contributed by atoms with E-state index in [0.717, 1.165) is 6.42 Å². The SMILES string of the molecule is Cc1noc([C@@H]2CCN(C(=O)c3cc(=O)cc(C)o3)C2)n1. The summed E-state index contributed by atoms with van der Waals surface area (Å²) in [5.41, 5.74) is -0.231. The van der Waals surface area contributed by atoms with Crippen LogP contribution in [0.3, 0.4) is 0 Å². The van der Waals surface area contributed by atoms with Gasteiger partial charge in [0.25, 0.3) is 5.91 Å². The van der Waals surface area contributed by atoms with Crippen LogP contribution in [0.15, 0.2) is 25.9 Å². The van der Waals surface area contributed by atoms with Crippen molar-refractivity contribution in [1.29, 1.82) is 0 Å². The normalized spacial score (nSPS) is 18.2. The van der Waals surface area contributed by atoms with Crippen molar-refractivity contribution >= 4 is 5.91 Å². The molecule has 1 aliphatic heterocycles. The van der Waals surface area contributed by atoms with Crippen molar-refractivity contribution in [3.8, 4) is 0 Å². The van der Waals surface area contributed by atoms with Crippen molar-refractivity contribution in [3.05, 3.63) is 45.6 Å². The van der Waals surface area contributed by atoms with E-state index >= 15 is 0 Å². The lowest BCUT2D eigenvalue weighted by Gasteiger charge is -2.14. The number of aromatic nitrogens is 2. The van der Waals surface area contributed by atoms with Crippen LogP contribution in [0.1, 0.15) is 40.4 Å². The van der Waals surface area contributed by atoms with Crippen molar-refractivity contribution in [2.24, 2.45) is 0 Å². The molecule has 1 atom stereocenters. The molecule has 7 heteroatoms. The molecule has 0 saturated carbocycles. The molecule has 1 aliphatic rings. The predicted octanol–water partition coefficient (Wildman–Crippen LogP) is 1.27. The summed E-state index contributed by atoms with van der Waals surface area (Å²) in [5, 5.41) is 3.76. The van der Waals surface area contributed by atoms with Crippen LogP contribution in [-0.4, -0.2) is 34.0 Å². The lowest BCUT2D eigenvalue weighted by Crippen LogP contribution is -2.29. The van der Waals surface area contributed by atoms with Gasteiger partial charge in [0.05, 0.1) is 5.92 Å². The summed E-state index contributed by atoms with van der Waals surface area (Å²) in [6, 6.07) is 2.57. The molecule has 0 aromatic carbocycles. The quantitative estimate of drug-likeness (QED) is 0.827. The van der Waals surface area contributed by atoms with Gasteiger partial charge in [-0.2, -0.15) is 4.98 Å². The second-order valence-corrected chi connectivity index (χ2v) is 5.18. The van der Waals surface area contributed by atoms with E-state index in [1.54, 1.807) is 18.7 Å². The number of likely N-dealkylation sites (tertiary alicyclic amines) is 1. The van der Waals surface area contributed by atoms with Crippen molar-refractivity contribution in [2.45, 2.75) is 26.2 Å². The standard InChI is InChI=1S/C14H15N3O4/c1-8-5-11(18)6-12(20-8)14(19)17-4-3-10(7-17)13-15-9(2)16-21-13/h5-6,10H,3-4,7H2,1-2H3/t10-/m1/s1. The first-order valence-electron chi connectivity index (χ1n) is 6.74. The molecule has 0 spiro atoms.